The Morgan fingerprint density at radius 3 is 2.62 bits per heavy atom. The largest absolute Gasteiger partial charge is 0.481 e. The number of benzene rings is 1. The number of carbonyl (C=O) groups is 1. The van der Waals surface area contributed by atoms with E-state index in [1.54, 1.807) is 19.3 Å². The average Bonchev–Trinajstić information content (AvgIpc) is 2.62. The van der Waals surface area contributed by atoms with Crippen LogP contribution >= 0.6 is 0 Å². The van der Waals surface area contributed by atoms with Crippen LogP contribution in [0.5, 0.6) is 0 Å². The first-order chi connectivity index (χ1) is 12.4. The van der Waals surface area contributed by atoms with Crippen molar-refractivity contribution in [2.24, 2.45) is 12.5 Å². The Bertz CT molecular complexity index is 833. The molecular formula is C20H24N2O4. The topological polar surface area (TPSA) is 82.8 Å². The molecule has 1 aromatic heterocycles. The fraction of sp³-hybridized carbons (Fsp3) is 0.400. The van der Waals surface area contributed by atoms with Gasteiger partial charge < -0.3 is 14.8 Å². The number of carboxylic acid groups (broad SMARTS) is 1. The summed E-state index contributed by atoms with van der Waals surface area (Å²) in [5.41, 5.74) is 0.285. The number of aliphatic carboxylic acids is 1. The average molecular weight is 356 g/mol. The van der Waals surface area contributed by atoms with Crippen molar-refractivity contribution in [1.29, 1.82) is 0 Å². The van der Waals surface area contributed by atoms with Crippen LogP contribution in [-0.2, 0) is 24.8 Å². The number of hydrogen-bond acceptors (Lipinski definition) is 4. The van der Waals surface area contributed by atoms with Gasteiger partial charge in [-0.15, -0.1) is 0 Å². The SMILES string of the molecule is Cn1cccc(CN2CC[C@](Cc3ccccc3)(C(=O)O)[C@@H](O)C2)c1=O. The molecule has 0 unspecified atom stereocenters. The second kappa shape index (κ2) is 7.43. The number of aryl methyl sites for hydroxylation is 1. The third-order valence-electron chi connectivity index (χ3n) is 5.33. The van der Waals surface area contributed by atoms with Gasteiger partial charge in [0.2, 0.25) is 0 Å². The highest BCUT2D eigenvalue weighted by Crippen LogP contribution is 2.36. The molecule has 2 N–H and O–H groups in total. The smallest absolute Gasteiger partial charge is 0.312 e. The van der Waals surface area contributed by atoms with E-state index in [0.29, 0.717) is 31.5 Å². The molecule has 0 saturated carbocycles. The highest BCUT2D eigenvalue weighted by atomic mass is 16.4. The second-order valence-corrected chi connectivity index (χ2v) is 7.07. The molecule has 2 aromatic rings. The number of piperidine rings is 1. The predicted octanol–water partition coefficient (Wildman–Crippen LogP) is 1.27. The van der Waals surface area contributed by atoms with E-state index in [2.05, 4.69) is 0 Å². The minimum atomic E-state index is -1.19. The molecule has 2 atom stereocenters. The zero-order valence-corrected chi connectivity index (χ0v) is 14.8. The van der Waals surface area contributed by atoms with E-state index >= 15 is 0 Å². The number of aliphatic hydroxyl groups is 1. The van der Waals surface area contributed by atoms with Crippen molar-refractivity contribution in [2.45, 2.75) is 25.5 Å². The standard InChI is InChI=1S/C20H24N2O4/c1-21-10-5-8-16(18(21)24)13-22-11-9-20(19(25)26,17(23)14-22)12-15-6-3-2-4-7-15/h2-8,10,17,23H,9,11-14H2,1H3,(H,25,26)/t17-,20+/m0/s1. The molecule has 6 heteroatoms. The van der Waals surface area contributed by atoms with Crippen LogP contribution < -0.4 is 5.56 Å². The predicted molar refractivity (Wildman–Crippen MR) is 97.8 cm³/mol. The molecule has 1 aliphatic heterocycles. The maximum absolute atomic E-state index is 12.2. The van der Waals surface area contributed by atoms with Crippen molar-refractivity contribution in [3.8, 4) is 0 Å². The molecule has 1 fully saturated rings. The molecule has 26 heavy (non-hydrogen) atoms. The fourth-order valence-electron chi connectivity index (χ4n) is 3.68. The van der Waals surface area contributed by atoms with Crippen molar-refractivity contribution in [1.82, 2.24) is 9.47 Å². The summed E-state index contributed by atoms with van der Waals surface area (Å²) in [4.78, 5) is 26.2. The third-order valence-corrected chi connectivity index (χ3v) is 5.33. The van der Waals surface area contributed by atoms with Crippen LogP contribution in [0, 0.1) is 5.41 Å². The normalized spacial score (nSPS) is 23.7. The lowest BCUT2D eigenvalue weighted by molar-refractivity contribution is -0.163. The van der Waals surface area contributed by atoms with Crippen LogP contribution in [0.15, 0.2) is 53.5 Å². The summed E-state index contributed by atoms with van der Waals surface area (Å²) in [6, 6.07) is 13.0. The summed E-state index contributed by atoms with van der Waals surface area (Å²) < 4.78 is 1.52. The minimum absolute atomic E-state index is 0.0682. The zero-order chi connectivity index (χ0) is 18.7. The van der Waals surface area contributed by atoms with E-state index < -0.39 is 17.5 Å². The Morgan fingerprint density at radius 1 is 1.23 bits per heavy atom. The molecule has 0 spiro atoms. The molecule has 0 aliphatic carbocycles. The van der Waals surface area contributed by atoms with Crippen LogP contribution in [0.3, 0.4) is 0 Å². The second-order valence-electron chi connectivity index (χ2n) is 7.07. The molecular weight excluding hydrogens is 332 g/mol. The first-order valence-electron chi connectivity index (χ1n) is 8.74. The van der Waals surface area contributed by atoms with Crippen LogP contribution in [0.4, 0.5) is 0 Å². The number of aromatic nitrogens is 1. The lowest BCUT2D eigenvalue weighted by Gasteiger charge is -2.42. The van der Waals surface area contributed by atoms with Crippen LogP contribution in [0.25, 0.3) is 0 Å². The number of likely N-dealkylation sites (tertiary alicyclic amines) is 1. The summed E-state index contributed by atoms with van der Waals surface area (Å²) in [6.07, 6.45) is 1.34. The zero-order valence-electron chi connectivity index (χ0n) is 14.8. The lowest BCUT2D eigenvalue weighted by Crippen LogP contribution is -2.55. The molecule has 3 rings (SSSR count). The Kier molecular flexibility index (Phi) is 5.25. The number of pyridine rings is 1. The quantitative estimate of drug-likeness (QED) is 0.843. The van der Waals surface area contributed by atoms with E-state index in [1.807, 2.05) is 41.3 Å². The molecule has 1 saturated heterocycles. The number of β-amino-alcohol motifs (C(OH)–C–C–N with tert-alkyl or cyclic N) is 1. The Hall–Kier alpha value is -2.44. The van der Waals surface area contributed by atoms with Crippen molar-refractivity contribution in [3.63, 3.8) is 0 Å². The highest BCUT2D eigenvalue weighted by molar-refractivity contribution is 5.76. The maximum atomic E-state index is 12.2. The molecule has 2 heterocycles. The van der Waals surface area contributed by atoms with E-state index in [9.17, 15) is 19.8 Å². The van der Waals surface area contributed by atoms with Gasteiger partial charge in [-0.3, -0.25) is 14.5 Å². The van der Waals surface area contributed by atoms with Gasteiger partial charge in [-0.2, -0.15) is 0 Å². The summed E-state index contributed by atoms with van der Waals surface area (Å²) in [5, 5.41) is 20.6. The molecule has 6 nitrogen and oxygen atoms in total. The highest BCUT2D eigenvalue weighted by Gasteiger charge is 2.48. The van der Waals surface area contributed by atoms with Gasteiger partial charge in [0.25, 0.3) is 5.56 Å². The number of carboxylic acids is 1. The molecule has 0 radical (unpaired) electrons. The fourth-order valence-corrected chi connectivity index (χ4v) is 3.68. The Morgan fingerprint density at radius 2 is 1.96 bits per heavy atom. The van der Waals surface area contributed by atoms with Gasteiger partial charge in [0.1, 0.15) is 5.41 Å². The van der Waals surface area contributed by atoms with E-state index in [1.165, 1.54) is 4.57 Å². The van der Waals surface area contributed by atoms with Crippen LogP contribution in [-0.4, -0.2) is 44.8 Å². The summed E-state index contributed by atoms with van der Waals surface area (Å²) >= 11 is 0. The molecule has 1 aromatic carbocycles. The summed E-state index contributed by atoms with van der Waals surface area (Å²) in [6.45, 7) is 1.16. The Labute approximate surface area is 152 Å². The summed E-state index contributed by atoms with van der Waals surface area (Å²) in [5.74, 6) is -0.968. The Balaban J connectivity index is 1.76. The van der Waals surface area contributed by atoms with Gasteiger partial charge in [-0.1, -0.05) is 36.4 Å². The molecule has 138 valence electrons. The molecule has 1 aliphatic rings. The number of hydrogen-bond donors (Lipinski definition) is 2. The van der Waals surface area contributed by atoms with Crippen molar-refractivity contribution < 1.29 is 15.0 Å². The van der Waals surface area contributed by atoms with Crippen molar-refractivity contribution in [3.05, 3.63) is 70.1 Å². The van der Waals surface area contributed by atoms with Gasteiger partial charge in [0.15, 0.2) is 0 Å². The molecule has 0 bridgehead atoms. The van der Waals surface area contributed by atoms with Crippen LogP contribution in [0.2, 0.25) is 0 Å². The van der Waals surface area contributed by atoms with Crippen LogP contribution in [0.1, 0.15) is 17.5 Å². The molecule has 0 amide bonds. The maximum Gasteiger partial charge on any atom is 0.312 e. The van der Waals surface area contributed by atoms with E-state index in [4.69, 9.17) is 0 Å². The number of nitrogens with zero attached hydrogens (tertiary/aromatic N) is 2. The number of rotatable bonds is 5. The van der Waals surface area contributed by atoms with Gasteiger partial charge in [0.05, 0.1) is 6.10 Å². The first kappa shape index (κ1) is 18.4. The van der Waals surface area contributed by atoms with Gasteiger partial charge in [-0.05, 0) is 31.0 Å². The first-order valence-corrected chi connectivity index (χ1v) is 8.74. The van der Waals surface area contributed by atoms with E-state index in [0.717, 1.165) is 5.56 Å². The third kappa shape index (κ3) is 3.57. The van der Waals surface area contributed by atoms with E-state index in [-0.39, 0.29) is 12.1 Å². The van der Waals surface area contributed by atoms with Crippen molar-refractivity contribution >= 4 is 5.97 Å². The van der Waals surface area contributed by atoms with Crippen molar-refractivity contribution in [2.75, 3.05) is 13.1 Å². The summed E-state index contributed by atoms with van der Waals surface area (Å²) in [7, 11) is 1.70. The monoisotopic (exact) mass is 356 g/mol. The van der Waals surface area contributed by atoms with Gasteiger partial charge >= 0.3 is 5.97 Å². The number of aliphatic hydroxyl groups excluding tert-OH is 1. The van der Waals surface area contributed by atoms with Gasteiger partial charge in [0, 0.05) is 31.9 Å². The lowest BCUT2D eigenvalue weighted by atomic mass is 9.71. The van der Waals surface area contributed by atoms with Gasteiger partial charge in [-0.25, -0.2) is 0 Å². The minimum Gasteiger partial charge on any atom is -0.481 e.